The first kappa shape index (κ1) is 23.6. The van der Waals surface area contributed by atoms with Crippen molar-refractivity contribution in [1.82, 2.24) is 0 Å². The predicted molar refractivity (Wildman–Crippen MR) is 93.0 cm³/mol. The van der Waals surface area contributed by atoms with Gasteiger partial charge in [-0.05, 0) is 62.3 Å². The summed E-state index contributed by atoms with van der Waals surface area (Å²) in [6.45, 7) is 23.4. The van der Waals surface area contributed by atoms with Crippen molar-refractivity contribution in [2.45, 2.75) is 77.8 Å². The van der Waals surface area contributed by atoms with E-state index >= 15 is 0 Å². The van der Waals surface area contributed by atoms with Crippen LogP contribution in [0.3, 0.4) is 0 Å². The minimum absolute atomic E-state index is 0.276. The van der Waals surface area contributed by atoms with E-state index in [1.807, 2.05) is 0 Å². The third kappa shape index (κ3) is 13.7. The lowest BCUT2D eigenvalue weighted by Crippen LogP contribution is -2.21. The van der Waals surface area contributed by atoms with Gasteiger partial charge in [-0.15, -0.1) is 0 Å². The molecule has 0 aliphatic rings. The van der Waals surface area contributed by atoms with Crippen molar-refractivity contribution in [3.8, 4) is 0 Å². The molecule has 0 rings (SSSR count). The molecular formula is C13H31BF4NP2+. The minimum Gasteiger partial charge on any atom is -0.418 e. The van der Waals surface area contributed by atoms with E-state index in [1.54, 1.807) is 0 Å². The van der Waals surface area contributed by atoms with Crippen LogP contribution < -0.4 is 0 Å². The fraction of sp³-hybridized carbons (Fsp3) is 1.00. The Labute approximate surface area is 130 Å². The second-order valence-electron chi connectivity index (χ2n) is 8.08. The first-order chi connectivity index (χ1) is 8.76. The molecule has 0 N–H and O–H groups in total. The van der Waals surface area contributed by atoms with Gasteiger partial charge in [-0.3, -0.25) is 0 Å². The summed E-state index contributed by atoms with van der Waals surface area (Å²) in [5.41, 5.74) is 0. The van der Waals surface area contributed by atoms with E-state index in [0.29, 0.717) is 15.5 Å². The summed E-state index contributed by atoms with van der Waals surface area (Å²) in [5.74, 6) is 0. The highest BCUT2D eigenvalue weighted by molar-refractivity contribution is 7.65. The largest absolute Gasteiger partial charge is 0.673 e. The van der Waals surface area contributed by atoms with E-state index < -0.39 is 15.3 Å². The van der Waals surface area contributed by atoms with Gasteiger partial charge in [0.05, 0.1) is 11.8 Å². The molecule has 0 saturated carbocycles. The topological polar surface area (TPSA) is 12.4 Å². The average molecular weight is 350 g/mol. The van der Waals surface area contributed by atoms with Gasteiger partial charge in [0.15, 0.2) is 8.07 Å². The molecule has 0 radical (unpaired) electrons. The fourth-order valence-electron chi connectivity index (χ4n) is 1.61. The smallest absolute Gasteiger partial charge is 0.418 e. The van der Waals surface area contributed by atoms with Gasteiger partial charge in [-0.1, -0.05) is 0 Å². The highest BCUT2D eigenvalue weighted by Crippen LogP contribution is 2.61. The molecule has 1 atom stereocenters. The molecule has 0 amide bonds. The van der Waals surface area contributed by atoms with Crippen molar-refractivity contribution in [1.29, 1.82) is 0 Å². The monoisotopic (exact) mass is 350 g/mol. The van der Waals surface area contributed by atoms with Gasteiger partial charge < -0.3 is 17.3 Å². The van der Waals surface area contributed by atoms with E-state index in [-0.39, 0.29) is 7.71 Å². The first-order valence-corrected chi connectivity index (χ1v) is 10.2. The van der Waals surface area contributed by atoms with Crippen molar-refractivity contribution >= 4 is 23.0 Å². The molecular weight excluding hydrogens is 319 g/mol. The molecule has 1 unspecified atom stereocenters. The van der Waals surface area contributed by atoms with Crippen molar-refractivity contribution in [3.63, 3.8) is 0 Å². The molecule has 0 saturated heterocycles. The number of nitrogens with zero attached hydrogens (tertiary/aromatic N) is 1. The van der Waals surface area contributed by atoms with Crippen LogP contribution in [0.4, 0.5) is 17.3 Å². The van der Waals surface area contributed by atoms with Crippen LogP contribution in [0, 0.1) is 0 Å². The Balaban J connectivity index is 0. The summed E-state index contributed by atoms with van der Waals surface area (Å²) in [5, 5.41) is 1.03. The Bertz CT molecular complexity index is 327. The van der Waals surface area contributed by atoms with Crippen LogP contribution in [0.15, 0.2) is 4.52 Å². The molecule has 0 aromatic heterocycles. The molecule has 0 heterocycles. The van der Waals surface area contributed by atoms with Gasteiger partial charge in [-0.25, -0.2) is 0 Å². The van der Waals surface area contributed by atoms with Crippen LogP contribution in [0.1, 0.15) is 62.3 Å². The summed E-state index contributed by atoms with van der Waals surface area (Å²) in [6.07, 6.45) is 0. The molecule has 0 spiro atoms. The minimum atomic E-state index is -6.00. The van der Waals surface area contributed by atoms with Crippen molar-refractivity contribution in [2.24, 2.45) is 4.52 Å². The van der Waals surface area contributed by atoms with Gasteiger partial charge in [0.1, 0.15) is 10.3 Å². The Hall–Kier alpha value is 0.315. The standard InChI is InChI=1S/C13H30NP2.BF4/c1-11(2,3)15(10)14-16(12(4,5)6)13(7,8)9;2-1(3,4)5/h1-10H3;/q+1;-1/p+1. The van der Waals surface area contributed by atoms with Gasteiger partial charge in [0, 0.05) is 4.52 Å². The van der Waals surface area contributed by atoms with E-state index in [2.05, 4.69) is 69.0 Å². The predicted octanol–water partition coefficient (Wildman–Crippen LogP) is 7.11. The maximum Gasteiger partial charge on any atom is 0.673 e. The van der Waals surface area contributed by atoms with Crippen molar-refractivity contribution < 1.29 is 17.3 Å². The van der Waals surface area contributed by atoms with E-state index in [0.717, 1.165) is 0 Å². The highest BCUT2D eigenvalue weighted by atomic mass is 31.2. The number of hydrogen-bond acceptors (Lipinski definition) is 1. The highest BCUT2D eigenvalue weighted by Gasteiger charge is 2.46. The third-order valence-corrected chi connectivity index (χ3v) is 9.32. The molecule has 1 nitrogen and oxygen atoms in total. The second kappa shape index (κ2) is 7.73. The lowest BCUT2D eigenvalue weighted by atomic mass is 10.2. The molecule has 0 bridgehead atoms. The summed E-state index contributed by atoms with van der Waals surface area (Å²) >= 11 is 0. The zero-order valence-corrected chi connectivity index (χ0v) is 16.9. The maximum atomic E-state index is 9.75. The normalized spacial score (nSPS) is 15.0. The number of hydrogen-bond donors (Lipinski definition) is 0. The summed E-state index contributed by atoms with van der Waals surface area (Å²) in [7, 11) is -6.89. The lowest BCUT2D eigenvalue weighted by molar-refractivity contribution is 0.368. The fourth-order valence-corrected chi connectivity index (χ4v) is 8.42. The van der Waals surface area contributed by atoms with Crippen LogP contribution >= 0.6 is 15.8 Å². The zero-order chi connectivity index (χ0) is 17.9. The maximum absolute atomic E-state index is 9.75. The van der Waals surface area contributed by atoms with Gasteiger partial charge in [0.25, 0.3) is 7.71 Å². The van der Waals surface area contributed by atoms with Crippen LogP contribution in [0.25, 0.3) is 0 Å². The quantitative estimate of drug-likeness (QED) is 0.272. The molecule has 0 aromatic carbocycles. The lowest BCUT2D eigenvalue weighted by Gasteiger charge is -2.21. The van der Waals surface area contributed by atoms with Gasteiger partial charge >= 0.3 is 7.25 Å². The van der Waals surface area contributed by atoms with E-state index in [9.17, 15) is 17.3 Å². The van der Waals surface area contributed by atoms with Crippen molar-refractivity contribution in [2.75, 3.05) is 6.66 Å². The first-order valence-electron chi connectivity index (χ1n) is 6.99. The molecule has 0 fully saturated rings. The molecule has 0 aliphatic heterocycles. The second-order valence-corrected chi connectivity index (χ2v) is 14.9. The zero-order valence-electron chi connectivity index (χ0n) is 15.0. The van der Waals surface area contributed by atoms with E-state index in [1.165, 1.54) is 0 Å². The van der Waals surface area contributed by atoms with Gasteiger partial charge in [0.2, 0.25) is 0 Å². The van der Waals surface area contributed by atoms with E-state index in [4.69, 9.17) is 4.52 Å². The summed E-state index contributed by atoms with van der Waals surface area (Å²) in [4.78, 5) is 0. The Morgan fingerprint density at radius 3 is 1.14 bits per heavy atom. The van der Waals surface area contributed by atoms with Gasteiger partial charge in [-0.2, -0.15) is 0 Å². The summed E-state index contributed by atoms with van der Waals surface area (Å²) < 4.78 is 44.3. The molecule has 0 aromatic rings. The Morgan fingerprint density at radius 2 is 1.00 bits per heavy atom. The van der Waals surface area contributed by atoms with Crippen LogP contribution in [-0.4, -0.2) is 29.4 Å². The third-order valence-electron chi connectivity index (χ3n) is 2.61. The van der Waals surface area contributed by atoms with Crippen LogP contribution in [-0.2, 0) is 0 Å². The molecule has 8 heteroatoms. The summed E-state index contributed by atoms with van der Waals surface area (Å²) in [6, 6.07) is 0. The van der Waals surface area contributed by atoms with Crippen LogP contribution in [0.5, 0.6) is 0 Å². The number of halogens is 4. The molecule has 21 heavy (non-hydrogen) atoms. The number of rotatable bonds is 1. The average Bonchev–Trinajstić information content (AvgIpc) is 2.04. The SMILES string of the molecule is C[PH+](N=[P+](C(C)(C)C)C(C)(C)C)C(C)(C)C.F[B-](F)(F)F. The van der Waals surface area contributed by atoms with Crippen molar-refractivity contribution in [3.05, 3.63) is 0 Å². The molecule has 0 aliphatic carbocycles. The molecule has 128 valence electrons. The van der Waals surface area contributed by atoms with Crippen LogP contribution in [0.2, 0.25) is 0 Å². The Kier molecular flexibility index (Phi) is 8.68. The Morgan fingerprint density at radius 1 is 0.762 bits per heavy atom.